The molecule has 1 aromatic heterocycles. The number of azide groups is 1. The fourth-order valence-electron chi connectivity index (χ4n) is 3.10. The Morgan fingerprint density at radius 1 is 0.906 bits per heavy atom. The predicted octanol–water partition coefficient (Wildman–Crippen LogP) is 7.57. The van der Waals surface area contributed by atoms with Crippen molar-refractivity contribution in [3.63, 3.8) is 0 Å². The van der Waals surface area contributed by atoms with Crippen molar-refractivity contribution in [1.29, 1.82) is 5.26 Å². The summed E-state index contributed by atoms with van der Waals surface area (Å²) in [5.41, 5.74) is 13.8. The first-order valence-electron chi connectivity index (χ1n) is 9.58. The van der Waals surface area contributed by atoms with Gasteiger partial charge in [0.1, 0.15) is 11.6 Å². The molecule has 0 amide bonds. The Morgan fingerprint density at radius 2 is 1.56 bits per heavy atom. The Morgan fingerprint density at radius 3 is 2.22 bits per heavy atom. The number of nitrogens with zero attached hydrogens (tertiary/aromatic N) is 6. The van der Waals surface area contributed by atoms with Gasteiger partial charge in [0, 0.05) is 21.9 Å². The summed E-state index contributed by atoms with van der Waals surface area (Å²) in [5, 5.41) is 13.8. The molecule has 8 heteroatoms. The molecule has 0 atom stereocenters. The molecule has 4 aromatic rings. The van der Waals surface area contributed by atoms with Gasteiger partial charge >= 0.3 is 0 Å². The average molecular weight is 455 g/mol. The van der Waals surface area contributed by atoms with Crippen LogP contribution in [0.2, 0.25) is 5.15 Å². The fraction of sp³-hybridized carbons (Fsp3) is 0.0417. The molecule has 0 aliphatic heterocycles. The minimum absolute atomic E-state index is 0.130. The number of nitriles is 1. The van der Waals surface area contributed by atoms with Crippen molar-refractivity contribution in [3.05, 3.63) is 106 Å². The SMILES string of the molecule is N#Cc1c(Cl)nc(SCc2ccc(N=[N+]=[N-])cc2)nc1-c1ccc(-c2ccccc2)cc1. The zero-order valence-corrected chi connectivity index (χ0v) is 18.3. The van der Waals surface area contributed by atoms with Crippen LogP contribution in [0.1, 0.15) is 11.1 Å². The van der Waals surface area contributed by atoms with E-state index in [1.807, 2.05) is 66.7 Å². The molecule has 0 bridgehead atoms. The standard InChI is InChI=1S/C24H15ClN6S/c25-23-21(14-26)22(19-10-8-18(9-11-19)17-4-2-1-3-5-17)28-24(29-23)32-15-16-6-12-20(13-7-16)30-31-27/h1-13H,15H2. The summed E-state index contributed by atoms with van der Waals surface area (Å²) in [4.78, 5) is 11.7. The maximum absolute atomic E-state index is 9.61. The molecule has 0 spiro atoms. The molecule has 1 heterocycles. The Hall–Kier alpha value is -3.82. The first-order chi connectivity index (χ1) is 15.7. The number of hydrogen-bond donors (Lipinski definition) is 0. The normalized spacial score (nSPS) is 10.2. The number of hydrogen-bond acceptors (Lipinski definition) is 5. The Labute approximate surface area is 194 Å². The number of benzene rings is 3. The smallest absolute Gasteiger partial charge is 0.189 e. The third-order valence-corrected chi connectivity index (χ3v) is 5.88. The van der Waals surface area contributed by atoms with E-state index in [2.05, 4.69) is 26.1 Å². The zero-order valence-electron chi connectivity index (χ0n) is 16.7. The molecule has 0 saturated heterocycles. The van der Waals surface area contributed by atoms with Gasteiger partial charge in [0.15, 0.2) is 10.3 Å². The van der Waals surface area contributed by atoms with Gasteiger partial charge in [-0.15, -0.1) is 0 Å². The molecular weight excluding hydrogens is 440 g/mol. The van der Waals surface area contributed by atoms with Crippen LogP contribution in [0.25, 0.3) is 32.8 Å². The third-order valence-electron chi connectivity index (χ3n) is 4.69. The highest BCUT2D eigenvalue weighted by Gasteiger charge is 2.15. The van der Waals surface area contributed by atoms with Crippen LogP contribution in [0, 0.1) is 11.3 Å². The first kappa shape index (κ1) is 21.4. The fourth-order valence-corrected chi connectivity index (χ4v) is 4.16. The number of halogens is 1. The van der Waals surface area contributed by atoms with Crippen molar-refractivity contribution in [2.75, 3.05) is 0 Å². The molecule has 4 rings (SSSR count). The van der Waals surface area contributed by atoms with Crippen molar-refractivity contribution in [1.82, 2.24) is 9.97 Å². The van der Waals surface area contributed by atoms with Crippen molar-refractivity contribution in [2.24, 2.45) is 5.11 Å². The molecule has 0 aliphatic rings. The van der Waals surface area contributed by atoms with Crippen molar-refractivity contribution >= 4 is 29.1 Å². The summed E-state index contributed by atoms with van der Waals surface area (Å²) in [6.07, 6.45) is 0. The topological polar surface area (TPSA) is 98.3 Å². The molecule has 0 saturated carbocycles. The van der Waals surface area contributed by atoms with Crippen LogP contribution in [0.3, 0.4) is 0 Å². The van der Waals surface area contributed by atoms with Crippen LogP contribution in [0.4, 0.5) is 5.69 Å². The molecular formula is C24H15ClN6S. The van der Waals surface area contributed by atoms with E-state index < -0.39 is 0 Å². The maximum atomic E-state index is 9.61. The highest BCUT2D eigenvalue weighted by molar-refractivity contribution is 7.98. The lowest BCUT2D eigenvalue weighted by atomic mass is 10.0. The van der Waals surface area contributed by atoms with Crippen LogP contribution in [-0.4, -0.2) is 9.97 Å². The summed E-state index contributed by atoms with van der Waals surface area (Å²) in [6, 6.07) is 27.3. The van der Waals surface area contributed by atoms with Gasteiger partial charge in [-0.3, -0.25) is 0 Å². The van der Waals surface area contributed by atoms with E-state index in [1.54, 1.807) is 12.1 Å². The second kappa shape index (κ2) is 9.99. The summed E-state index contributed by atoms with van der Waals surface area (Å²) >= 11 is 7.73. The lowest BCUT2D eigenvalue weighted by molar-refractivity contribution is 0.966. The molecule has 0 fully saturated rings. The Kier molecular flexibility index (Phi) is 6.69. The molecule has 0 unspecified atom stereocenters. The van der Waals surface area contributed by atoms with E-state index in [0.29, 0.717) is 22.3 Å². The number of thioether (sulfide) groups is 1. The largest absolute Gasteiger partial charge is 0.221 e. The molecule has 6 nitrogen and oxygen atoms in total. The van der Waals surface area contributed by atoms with E-state index in [-0.39, 0.29) is 10.7 Å². The monoisotopic (exact) mass is 454 g/mol. The first-order valence-corrected chi connectivity index (χ1v) is 10.9. The van der Waals surface area contributed by atoms with Crippen LogP contribution < -0.4 is 0 Å². The second-order valence-electron chi connectivity index (χ2n) is 6.72. The van der Waals surface area contributed by atoms with Gasteiger partial charge in [-0.05, 0) is 22.2 Å². The Bertz CT molecular complexity index is 1330. The van der Waals surface area contributed by atoms with Crippen molar-refractivity contribution < 1.29 is 0 Å². The molecule has 3 aromatic carbocycles. The van der Waals surface area contributed by atoms with E-state index >= 15 is 0 Å². The van der Waals surface area contributed by atoms with Crippen molar-refractivity contribution in [3.8, 4) is 28.5 Å². The number of rotatable bonds is 6. The molecule has 0 aliphatic carbocycles. The minimum atomic E-state index is 0.130. The number of aromatic nitrogens is 2. The van der Waals surface area contributed by atoms with E-state index in [1.165, 1.54) is 11.8 Å². The lowest BCUT2D eigenvalue weighted by Crippen LogP contribution is -1.97. The van der Waals surface area contributed by atoms with Crippen LogP contribution in [-0.2, 0) is 5.75 Å². The van der Waals surface area contributed by atoms with Gasteiger partial charge < -0.3 is 0 Å². The van der Waals surface area contributed by atoms with E-state index in [0.717, 1.165) is 22.3 Å². The highest BCUT2D eigenvalue weighted by atomic mass is 35.5. The van der Waals surface area contributed by atoms with Gasteiger partial charge in [-0.2, -0.15) is 5.26 Å². The van der Waals surface area contributed by atoms with Gasteiger partial charge in [0.05, 0.1) is 5.69 Å². The van der Waals surface area contributed by atoms with Crippen LogP contribution in [0.15, 0.2) is 89.1 Å². The minimum Gasteiger partial charge on any atom is -0.221 e. The second-order valence-corrected chi connectivity index (χ2v) is 8.02. The summed E-state index contributed by atoms with van der Waals surface area (Å²) < 4.78 is 0. The molecule has 32 heavy (non-hydrogen) atoms. The summed E-state index contributed by atoms with van der Waals surface area (Å²) in [7, 11) is 0. The molecule has 154 valence electrons. The van der Waals surface area contributed by atoms with Crippen molar-refractivity contribution in [2.45, 2.75) is 10.9 Å². The molecule has 0 radical (unpaired) electrons. The van der Waals surface area contributed by atoms with Gasteiger partial charge in [-0.25, -0.2) is 9.97 Å². The zero-order chi connectivity index (χ0) is 22.3. The third kappa shape index (κ3) is 4.90. The molecule has 0 N–H and O–H groups in total. The van der Waals surface area contributed by atoms with Gasteiger partial charge in [-0.1, -0.05) is 107 Å². The lowest BCUT2D eigenvalue weighted by Gasteiger charge is -2.09. The average Bonchev–Trinajstić information content (AvgIpc) is 2.84. The van der Waals surface area contributed by atoms with E-state index in [4.69, 9.17) is 17.1 Å². The van der Waals surface area contributed by atoms with Crippen LogP contribution >= 0.6 is 23.4 Å². The van der Waals surface area contributed by atoms with E-state index in [9.17, 15) is 5.26 Å². The highest BCUT2D eigenvalue weighted by Crippen LogP contribution is 2.31. The van der Waals surface area contributed by atoms with Crippen LogP contribution in [0.5, 0.6) is 0 Å². The summed E-state index contributed by atoms with van der Waals surface area (Å²) in [6.45, 7) is 0. The Balaban J connectivity index is 1.59. The predicted molar refractivity (Wildman–Crippen MR) is 127 cm³/mol. The van der Waals surface area contributed by atoms with Gasteiger partial charge in [0.25, 0.3) is 0 Å². The maximum Gasteiger partial charge on any atom is 0.189 e. The van der Waals surface area contributed by atoms with Gasteiger partial charge in [0.2, 0.25) is 0 Å². The summed E-state index contributed by atoms with van der Waals surface area (Å²) in [5.74, 6) is 0.602. The quantitative estimate of drug-likeness (QED) is 0.0748.